The van der Waals surface area contributed by atoms with Crippen LogP contribution in [-0.2, 0) is 0 Å². The van der Waals surface area contributed by atoms with Gasteiger partial charge in [-0.25, -0.2) is 0 Å². The maximum atomic E-state index is 11.0. The summed E-state index contributed by atoms with van der Waals surface area (Å²) >= 11 is 0.768. The maximum absolute atomic E-state index is 11.0. The Bertz CT molecular complexity index is 360. The van der Waals surface area contributed by atoms with Gasteiger partial charge in [-0.05, 0) is 11.3 Å². The first kappa shape index (κ1) is 9.62. The van der Waals surface area contributed by atoms with Crippen LogP contribution in [0.15, 0.2) is 6.07 Å². The molecular formula is C6H7N3O3S. The molecule has 0 aliphatic rings. The second-order valence-electron chi connectivity index (χ2n) is 2.25. The van der Waals surface area contributed by atoms with Crippen molar-refractivity contribution in [3.8, 4) is 0 Å². The summed E-state index contributed by atoms with van der Waals surface area (Å²) in [6.45, 7) is -0.196. The van der Waals surface area contributed by atoms with Crippen LogP contribution in [0.3, 0.4) is 0 Å². The zero-order valence-electron chi connectivity index (χ0n) is 6.52. The van der Waals surface area contributed by atoms with Gasteiger partial charge in [-0.3, -0.25) is 14.9 Å². The normalized spacial score (nSPS) is 9.92. The molecule has 0 bridgehead atoms. The van der Waals surface area contributed by atoms with Crippen molar-refractivity contribution in [3.63, 3.8) is 0 Å². The predicted molar refractivity (Wildman–Crippen MR) is 48.8 cm³/mol. The minimum Gasteiger partial charge on any atom is -0.390 e. The third kappa shape index (κ3) is 1.82. The van der Waals surface area contributed by atoms with Crippen molar-refractivity contribution < 1.29 is 9.72 Å². The molecule has 1 rings (SSSR count). The molecule has 4 N–H and O–H groups in total. The van der Waals surface area contributed by atoms with Crippen molar-refractivity contribution in [2.75, 3.05) is 12.3 Å². The van der Waals surface area contributed by atoms with E-state index in [1.165, 1.54) is 0 Å². The van der Waals surface area contributed by atoms with E-state index in [4.69, 9.17) is 11.5 Å². The van der Waals surface area contributed by atoms with E-state index < -0.39 is 4.92 Å². The van der Waals surface area contributed by atoms with Gasteiger partial charge in [0.2, 0.25) is 0 Å². The number of hydrogen-bond acceptors (Lipinski definition) is 6. The average molecular weight is 201 g/mol. The first-order chi connectivity index (χ1) is 6.06. The summed E-state index contributed by atoms with van der Waals surface area (Å²) in [6, 6.07) is 1.15. The number of ketones is 1. The molecule has 0 aliphatic heterocycles. The van der Waals surface area contributed by atoms with Gasteiger partial charge in [-0.15, -0.1) is 0 Å². The summed E-state index contributed by atoms with van der Waals surface area (Å²) in [5.41, 5.74) is 10.6. The van der Waals surface area contributed by atoms with Crippen LogP contribution in [0, 0.1) is 10.1 Å². The predicted octanol–water partition coefficient (Wildman–Crippen LogP) is 0.380. The first-order valence-electron chi connectivity index (χ1n) is 3.33. The number of nitrogens with two attached hydrogens (primary N) is 2. The molecule has 0 unspecified atom stereocenters. The van der Waals surface area contributed by atoms with Gasteiger partial charge in [0.15, 0.2) is 5.78 Å². The lowest BCUT2D eigenvalue weighted by Gasteiger charge is -1.91. The number of carbonyl (C=O) groups excluding carboxylic acids is 1. The van der Waals surface area contributed by atoms with Crippen molar-refractivity contribution in [2.24, 2.45) is 5.73 Å². The third-order valence-electron chi connectivity index (χ3n) is 1.41. The molecule has 0 atom stereocenters. The molecular weight excluding hydrogens is 194 g/mol. The number of anilines is 1. The van der Waals surface area contributed by atoms with Gasteiger partial charge in [0.05, 0.1) is 17.0 Å². The van der Waals surface area contributed by atoms with Crippen LogP contribution >= 0.6 is 11.3 Å². The molecule has 0 aromatic carbocycles. The number of nitrogen functional groups attached to an aromatic ring is 1. The van der Waals surface area contributed by atoms with E-state index in [2.05, 4.69) is 0 Å². The Kier molecular flexibility index (Phi) is 2.59. The van der Waals surface area contributed by atoms with Crippen molar-refractivity contribution in [1.82, 2.24) is 0 Å². The van der Waals surface area contributed by atoms with Crippen molar-refractivity contribution in [2.45, 2.75) is 0 Å². The molecule has 13 heavy (non-hydrogen) atoms. The van der Waals surface area contributed by atoms with Crippen LogP contribution in [0.2, 0.25) is 0 Å². The Hall–Kier alpha value is -1.47. The van der Waals surface area contributed by atoms with Crippen molar-refractivity contribution >= 4 is 27.1 Å². The molecule has 0 saturated carbocycles. The smallest absolute Gasteiger partial charge is 0.326 e. The van der Waals surface area contributed by atoms with Crippen molar-refractivity contribution in [1.29, 1.82) is 0 Å². The van der Waals surface area contributed by atoms with E-state index in [1.807, 2.05) is 0 Å². The number of nitrogens with zero attached hydrogens (tertiary/aromatic N) is 1. The second-order valence-corrected chi connectivity index (χ2v) is 3.31. The fourth-order valence-corrected chi connectivity index (χ4v) is 1.57. The van der Waals surface area contributed by atoms with Crippen LogP contribution in [0.1, 0.15) is 10.4 Å². The van der Waals surface area contributed by atoms with E-state index in [-0.39, 0.29) is 27.9 Å². The van der Waals surface area contributed by atoms with Crippen LogP contribution < -0.4 is 11.5 Å². The zero-order chi connectivity index (χ0) is 10.0. The standard InChI is InChI=1S/C6H7N3O3S/c7-2-4(10)3-1-5(9(11)12)13-6(3)8/h1H,2,7-8H2. The largest absolute Gasteiger partial charge is 0.390 e. The Morgan fingerprint density at radius 1 is 1.69 bits per heavy atom. The monoisotopic (exact) mass is 201 g/mol. The molecule has 70 valence electrons. The van der Waals surface area contributed by atoms with Crippen LogP contribution in [-0.4, -0.2) is 17.3 Å². The third-order valence-corrected chi connectivity index (χ3v) is 2.33. The van der Waals surface area contributed by atoms with Crippen LogP contribution in [0.5, 0.6) is 0 Å². The van der Waals surface area contributed by atoms with Gasteiger partial charge in [0.1, 0.15) is 5.00 Å². The quantitative estimate of drug-likeness (QED) is 0.417. The van der Waals surface area contributed by atoms with Crippen LogP contribution in [0.25, 0.3) is 0 Å². The highest BCUT2D eigenvalue weighted by molar-refractivity contribution is 7.19. The number of hydrogen-bond donors (Lipinski definition) is 2. The Morgan fingerprint density at radius 2 is 2.31 bits per heavy atom. The fourth-order valence-electron chi connectivity index (χ4n) is 0.810. The van der Waals surface area contributed by atoms with E-state index in [0.717, 1.165) is 17.4 Å². The fraction of sp³-hybridized carbons (Fsp3) is 0.167. The summed E-state index contributed by atoms with van der Waals surface area (Å²) in [4.78, 5) is 20.8. The van der Waals surface area contributed by atoms with Gasteiger partial charge in [-0.2, -0.15) is 0 Å². The van der Waals surface area contributed by atoms with Gasteiger partial charge in [0, 0.05) is 6.07 Å². The number of nitro groups is 1. The topological polar surface area (TPSA) is 112 Å². The first-order valence-corrected chi connectivity index (χ1v) is 4.15. The minimum atomic E-state index is -0.589. The van der Waals surface area contributed by atoms with E-state index >= 15 is 0 Å². The summed E-state index contributed by atoms with van der Waals surface area (Å²) < 4.78 is 0. The molecule has 1 aromatic rings. The molecule has 0 spiro atoms. The lowest BCUT2D eigenvalue weighted by atomic mass is 10.2. The van der Waals surface area contributed by atoms with E-state index in [0.29, 0.717) is 0 Å². The molecule has 0 radical (unpaired) electrons. The number of Topliss-reactive ketones (excluding diaryl/α,β-unsaturated/α-hetero) is 1. The lowest BCUT2D eigenvalue weighted by molar-refractivity contribution is -0.380. The molecule has 0 amide bonds. The Balaban J connectivity index is 3.10. The summed E-state index contributed by atoms with van der Waals surface area (Å²) in [5.74, 6) is -0.387. The Morgan fingerprint density at radius 3 is 2.69 bits per heavy atom. The molecule has 1 aromatic heterocycles. The minimum absolute atomic E-state index is 0.138. The molecule has 0 saturated heterocycles. The zero-order valence-corrected chi connectivity index (χ0v) is 7.34. The molecule has 0 aliphatic carbocycles. The highest BCUT2D eigenvalue weighted by Crippen LogP contribution is 2.30. The van der Waals surface area contributed by atoms with Gasteiger partial charge in [-0.1, -0.05) is 0 Å². The summed E-state index contributed by atoms with van der Waals surface area (Å²) in [7, 11) is 0. The molecule has 1 heterocycles. The number of rotatable bonds is 3. The highest BCUT2D eigenvalue weighted by Gasteiger charge is 2.18. The van der Waals surface area contributed by atoms with Crippen molar-refractivity contribution in [3.05, 3.63) is 21.7 Å². The van der Waals surface area contributed by atoms with Gasteiger partial charge >= 0.3 is 5.00 Å². The molecule has 6 nitrogen and oxygen atoms in total. The van der Waals surface area contributed by atoms with Gasteiger partial charge < -0.3 is 11.5 Å². The number of thiophene rings is 1. The van der Waals surface area contributed by atoms with Crippen LogP contribution in [0.4, 0.5) is 10.0 Å². The van der Waals surface area contributed by atoms with E-state index in [1.54, 1.807) is 0 Å². The lowest BCUT2D eigenvalue weighted by Crippen LogP contribution is -2.13. The van der Waals surface area contributed by atoms with Gasteiger partial charge in [0.25, 0.3) is 0 Å². The molecule has 0 fully saturated rings. The SMILES string of the molecule is NCC(=O)c1cc([N+](=O)[O-])sc1N. The maximum Gasteiger partial charge on any atom is 0.326 e. The molecule has 7 heteroatoms. The highest BCUT2D eigenvalue weighted by atomic mass is 32.1. The van der Waals surface area contributed by atoms with E-state index in [9.17, 15) is 14.9 Å². The Labute approximate surface area is 77.3 Å². The second kappa shape index (κ2) is 3.50. The number of carbonyl (C=O) groups is 1. The summed E-state index contributed by atoms with van der Waals surface area (Å²) in [6.07, 6.45) is 0. The average Bonchev–Trinajstić information content (AvgIpc) is 2.46. The summed E-state index contributed by atoms with van der Waals surface area (Å²) in [5, 5.41) is 10.3.